The highest BCUT2D eigenvalue weighted by Gasteiger charge is 2.24. The number of nitrogens with one attached hydrogen (secondary N) is 1. The SMILES string of the molecule is CC(C)C(CCN)C1CCCNC1. The van der Waals surface area contributed by atoms with Crippen LogP contribution in [0.1, 0.15) is 33.1 Å². The Balaban J connectivity index is 2.41. The van der Waals surface area contributed by atoms with Crippen molar-refractivity contribution in [2.75, 3.05) is 19.6 Å². The summed E-state index contributed by atoms with van der Waals surface area (Å²) < 4.78 is 0. The molecule has 0 aromatic rings. The molecule has 0 aromatic carbocycles. The lowest BCUT2D eigenvalue weighted by molar-refractivity contribution is 0.199. The summed E-state index contributed by atoms with van der Waals surface area (Å²) in [6.45, 7) is 7.93. The fourth-order valence-electron chi connectivity index (χ4n) is 2.55. The molecule has 1 fully saturated rings. The van der Waals surface area contributed by atoms with Crippen LogP contribution in [0.3, 0.4) is 0 Å². The molecular formula is C11H24N2. The van der Waals surface area contributed by atoms with Crippen LogP contribution in [0.15, 0.2) is 0 Å². The van der Waals surface area contributed by atoms with Gasteiger partial charge in [-0.15, -0.1) is 0 Å². The Morgan fingerprint density at radius 2 is 2.23 bits per heavy atom. The number of hydrogen-bond acceptors (Lipinski definition) is 2. The zero-order valence-corrected chi connectivity index (χ0v) is 9.05. The minimum absolute atomic E-state index is 0.786. The second kappa shape index (κ2) is 5.61. The van der Waals surface area contributed by atoms with Gasteiger partial charge in [0.05, 0.1) is 0 Å². The summed E-state index contributed by atoms with van der Waals surface area (Å²) >= 11 is 0. The van der Waals surface area contributed by atoms with Gasteiger partial charge in [-0.05, 0) is 56.7 Å². The lowest BCUT2D eigenvalue weighted by Gasteiger charge is -2.33. The Hall–Kier alpha value is -0.0800. The summed E-state index contributed by atoms with van der Waals surface area (Å²) in [4.78, 5) is 0. The molecule has 0 bridgehead atoms. The zero-order valence-electron chi connectivity index (χ0n) is 9.05. The molecule has 0 spiro atoms. The highest BCUT2D eigenvalue weighted by Crippen LogP contribution is 2.28. The van der Waals surface area contributed by atoms with Gasteiger partial charge in [-0.25, -0.2) is 0 Å². The quantitative estimate of drug-likeness (QED) is 0.696. The van der Waals surface area contributed by atoms with Gasteiger partial charge in [0.25, 0.3) is 0 Å². The number of rotatable bonds is 4. The Morgan fingerprint density at radius 1 is 1.46 bits per heavy atom. The van der Waals surface area contributed by atoms with E-state index in [0.717, 1.165) is 24.3 Å². The van der Waals surface area contributed by atoms with E-state index in [1.54, 1.807) is 0 Å². The Kier molecular flexibility index (Phi) is 4.74. The summed E-state index contributed by atoms with van der Waals surface area (Å²) in [6.07, 6.45) is 3.94. The van der Waals surface area contributed by atoms with E-state index in [1.807, 2.05) is 0 Å². The van der Waals surface area contributed by atoms with Crippen LogP contribution >= 0.6 is 0 Å². The van der Waals surface area contributed by atoms with Crippen LogP contribution < -0.4 is 11.1 Å². The molecule has 78 valence electrons. The summed E-state index contributed by atoms with van der Waals surface area (Å²) in [5, 5.41) is 3.49. The summed E-state index contributed by atoms with van der Waals surface area (Å²) in [6, 6.07) is 0. The Bertz CT molecular complexity index is 128. The lowest BCUT2D eigenvalue weighted by atomic mass is 9.77. The van der Waals surface area contributed by atoms with Gasteiger partial charge in [-0.2, -0.15) is 0 Å². The number of piperidine rings is 1. The molecule has 0 aromatic heterocycles. The van der Waals surface area contributed by atoms with Crippen molar-refractivity contribution >= 4 is 0 Å². The molecule has 2 atom stereocenters. The van der Waals surface area contributed by atoms with Gasteiger partial charge in [-0.1, -0.05) is 13.8 Å². The fraction of sp³-hybridized carbons (Fsp3) is 1.00. The minimum atomic E-state index is 0.786. The average molecular weight is 184 g/mol. The van der Waals surface area contributed by atoms with Crippen LogP contribution in [0, 0.1) is 17.8 Å². The number of nitrogens with two attached hydrogens (primary N) is 1. The predicted molar refractivity (Wildman–Crippen MR) is 57.6 cm³/mol. The van der Waals surface area contributed by atoms with Crippen molar-refractivity contribution < 1.29 is 0 Å². The smallest absolute Gasteiger partial charge is 0.00178 e. The van der Waals surface area contributed by atoms with Crippen LogP contribution in [0.5, 0.6) is 0 Å². The standard InChI is InChI=1S/C11H24N2/c1-9(2)11(5-6-12)10-4-3-7-13-8-10/h9-11,13H,3-8,12H2,1-2H3. The molecule has 3 N–H and O–H groups in total. The molecule has 0 radical (unpaired) electrons. The Labute approximate surface area is 82.3 Å². The predicted octanol–water partition coefficient (Wildman–Crippen LogP) is 1.61. The third-order valence-corrected chi connectivity index (χ3v) is 3.30. The van der Waals surface area contributed by atoms with Gasteiger partial charge in [0, 0.05) is 0 Å². The Morgan fingerprint density at radius 3 is 2.69 bits per heavy atom. The van der Waals surface area contributed by atoms with Crippen LogP contribution in [-0.4, -0.2) is 19.6 Å². The molecule has 1 aliphatic rings. The molecule has 2 nitrogen and oxygen atoms in total. The van der Waals surface area contributed by atoms with E-state index in [-0.39, 0.29) is 0 Å². The van der Waals surface area contributed by atoms with Crippen molar-refractivity contribution in [3.05, 3.63) is 0 Å². The maximum atomic E-state index is 5.65. The van der Waals surface area contributed by atoms with Crippen LogP contribution in [0.4, 0.5) is 0 Å². The molecule has 1 rings (SSSR count). The van der Waals surface area contributed by atoms with E-state index in [0.29, 0.717) is 0 Å². The van der Waals surface area contributed by atoms with Crippen LogP contribution in [0.25, 0.3) is 0 Å². The van der Waals surface area contributed by atoms with E-state index in [2.05, 4.69) is 19.2 Å². The van der Waals surface area contributed by atoms with Crippen molar-refractivity contribution in [1.82, 2.24) is 5.32 Å². The van der Waals surface area contributed by atoms with Crippen molar-refractivity contribution in [3.63, 3.8) is 0 Å². The van der Waals surface area contributed by atoms with E-state index in [4.69, 9.17) is 5.73 Å². The monoisotopic (exact) mass is 184 g/mol. The first-order chi connectivity index (χ1) is 6.25. The van der Waals surface area contributed by atoms with Crippen molar-refractivity contribution in [3.8, 4) is 0 Å². The van der Waals surface area contributed by atoms with Crippen molar-refractivity contribution in [1.29, 1.82) is 0 Å². The van der Waals surface area contributed by atoms with E-state index < -0.39 is 0 Å². The molecule has 2 unspecified atom stereocenters. The summed E-state index contributed by atoms with van der Waals surface area (Å²) in [5.74, 6) is 2.49. The molecular weight excluding hydrogens is 160 g/mol. The molecule has 0 saturated carbocycles. The molecule has 1 aliphatic heterocycles. The molecule has 0 aliphatic carbocycles. The lowest BCUT2D eigenvalue weighted by Crippen LogP contribution is -2.36. The first-order valence-corrected chi connectivity index (χ1v) is 5.66. The highest BCUT2D eigenvalue weighted by molar-refractivity contribution is 4.78. The molecule has 1 saturated heterocycles. The van der Waals surface area contributed by atoms with E-state index in [9.17, 15) is 0 Å². The molecule has 13 heavy (non-hydrogen) atoms. The second-order valence-corrected chi connectivity index (χ2v) is 4.59. The minimum Gasteiger partial charge on any atom is -0.330 e. The normalized spacial score (nSPS) is 26.3. The summed E-state index contributed by atoms with van der Waals surface area (Å²) in [5.41, 5.74) is 5.65. The van der Waals surface area contributed by atoms with Gasteiger partial charge >= 0.3 is 0 Å². The maximum Gasteiger partial charge on any atom is -0.00178 e. The maximum absolute atomic E-state index is 5.65. The molecule has 1 heterocycles. The first kappa shape index (κ1) is 11.0. The van der Waals surface area contributed by atoms with Gasteiger partial charge in [0.2, 0.25) is 0 Å². The van der Waals surface area contributed by atoms with Crippen molar-refractivity contribution in [2.24, 2.45) is 23.5 Å². The second-order valence-electron chi connectivity index (χ2n) is 4.59. The number of hydrogen-bond donors (Lipinski definition) is 2. The van der Waals surface area contributed by atoms with E-state index >= 15 is 0 Å². The topological polar surface area (TPSA) is 38.0 Å². The van der Waals surface area contributed by atoms with Gasteiger partial charge in [-0.3, -0.25) is 0 Å². The first-order valence-electron chi connectivity index (χ1n) is 5.66. The van der Waals surface area contributed by atoms with Gasteiger partial charge in [0.15, 0.2) is 0 Å². The van der Waals surface area contributed by atoms with Crippen molar-refractivity contribution in [2.45, 2.75) is 33.1 Å². The van der Waals surface area contributed by atoms with Crippen LogP contribution in [-0.2, 0) is 0 Å². The fourth-order valence-corrected chi connectivity index (χ4v) is 2.55. The highest BCUT2D eigenvalue weighted by atomic mass is 14.9. The third-order valence-electron chi connectivity index (χ3n) is 3.30. The average Bonchev–Trinajstić information content (AvgIpc) is 2.15. The van der Waals surface area contributed by atoms with Crippen LogP contribution in [0.2, 0.25) is 0 Å². The van der Waals surface area contributed by atoms with Gasteiger partial charge in [0.1, 0.15) is 0 Å². The zero-order chi connectivity index (χ0) is 9.68. The van der Waals surface area contributed by atoms with Gasteiger partial charge < -0.3 is 11.1 Å². The third kappa shape index (κ3) is 3.28. The largest absolute Gasteiger partial charge is 0.330 e. The summed E-state index contributed by atoms with van der Waals surface area (Å²) in [7, 11) is 0. The molecule has 0 amide bonds. The van der Waals surface area contributed by atoms with E-state index in [1.165, 1.54) is 32.4 Å². The molecule has 2 heteroatoms.